The van der Waals surface area contributed by atoms with E-state index < -0.39 is 11.9 Å². The van der Waals surface area contributed by atoms with E-state index in [2.05, 4.69) is 36.5 Å². The highest BCUT2D eigenvalue weighted by atomic mass is 79.9. The van der Waals surface area contributed by atoms with Crippen LogP contribution in [0.1, 0.15) is 43.6 Å². The van der Waals surface area contributed by atoms with Gasteiger partial charge in [-0.25, -0.2) is 14.2 Å². The van der Waals surface area contributed by atoms with Crippen molar-refractivity contribution in [3.63, 3.8) is 0 Å². The lowest BCUT2D eigenvalue weighted by Crippen LogP contribution is -2.18. The maximum Gasteiger partial charge on any atom is 0.354 e. The van der Waals surface area contributed by atoms with Crippen LogP contribution in [-0.4, -0.2) is 46.3 Å². The molecule has 0 spiro atoms. The highest BCUT2D eigenvalue weighted by molar-refractivity contribution is 9.10. The second-order valence-electron chi connectivity index (χ2n) is 6.46. The van der Waals surface area contributed by atoms with Crippen LogP contribution in [0.3, 0.4) is 0 Å². The van der Waals surface area contributed by atoms with Gasteiger partial charge >= 0.3 is 5.97 Å². The Labute approximate surface area is 169 Å². The molecule has 3 heterocycles. The smallest absolute Gasteiger partial charge is 0.354 e. The van der Waals surface area contributed by atoms with E-state index in [-0.39, 0.29) is 11.3 Å². The molecule has 3 aromatic rings. The van der Waals surface area contributed by atoms with Crippen molar-refractivity contribution in [2.24, 2.45) is 7.05 Å². The Morgan fingerprint density at radius 3 is 2.29 bits per heavy atom. The second kappa shape index (κ2) is 7.23. The molecule has 0 aliphatic rings. The van der Waals surface area contributed by atoms with Crippen molar-refractivity contribution < 1.29 is 14.7 Å². The predicted octanol–water partition coefficient (Wildman–Crippen LogP) is 2.27. The van der Waals surface area contributed by atoms with E-state index in [1.54, 1.807) is 11.6 Å². The first kappa shape index (κ1) is 19.8. The predicted molar refractivity (Wildman–Crippen MR) is 105 cm³/mol. The summed E-state index contributed by atoms with van der Waals surface area (Å²) < 4.78 is 5.65. The molecule has 148 valence electrons. The minimum Gasteiger partial charge on any atom is -0.477 e. The highest BCUT2D eigenvalue weighted by Crippen LogP contribution is 2.23. The number of nitrogens with zero attached hydrogens (tertiary/aromatic N) is 6. The fraction of sp³-hybridized carbons (Fsp3) is 0.353. The third-order valence-corrected chi connectivity index (χ3v) is 5.71. The van der Waals surface area contributed by atoms with Crippen LogP contribution in [0.15, 0.2) is 10.7 Å². The maximum absolute atomic E-state index is 12.6. The van der Waals surface area contributed by atoms with Gasteiger partial charge in [0.05, 0.1) is 44.7 Å². The number of carboxylic acid groups (broad SMARTS) is 1. The van der Waals surface area contributed by atoms with Crippen molar-refractivity contribution in [1.82, 2.24) is 29.3 Å². The molecule has 0 saturated carbocycles. The van der Waals surface area contributed by atoms with E-state index in [1.807, 2.05) is 25.5 Å². The lowest BCUT2D eigenvalue weighted by Gasteiger charge is -2.08. The van der Waals surface area contributed by atoms with Gasteiger partial charge in [0.25, 0.3) is 5.91 Å². The van der Waals surface area contributed by atoms with Gasteiger partial charge in [0.15, 0.2) is 5.69 Å². The third kappa shape index (κ3) is 3.33. The minimum atomic E-state index is -1.22. The number of nitrogens with one attached hydrogen (secondary N) is 1. The lowest BCUT2D eigenvalue weighted by molar-refractivity contribution is 0.0680. The zero-order valence-corrected chi connectivity index (χ0v) is 17.7. The van der Waals surface area contributed by atoms with Crippen LogP contribution in [0.2, 0.25) is 0 Å². The van der Waals surface area contributed by atoms with Gasteiger partial charge in [-0.05, 0) is 43.6 Å². The Bertz CT molecular complexity index is 1090. The molecule has 10 nitrogen and oxygen atoms in total. The molecule has 0 saturated heterocycles. The lowest BCUT2D eigenvalue weighted by atomic mass is 10.2. The Morgan fingerprint density at radius 1 is 1.11 bits per heavy atom. The Kier molecular flexibility index (Phi) is 5.11. The number of halogens is 1. The van der Waals surface area contributed by atoms with Crippen LogP contribution < -0.4 is 5.32 Å². The number of aromatic carboxylic acids is 1. The molecule has 0 fully saturated rings. The molecule has 2 N–H and O–H groups in total. The van der Waals surface area contributed by atoms with E-state index in [0.717, 1.165) is 26.2 Å². The van der Waals surface area contributed by atoms with Gasteiger partial charge in [-0.2, -0.15) is 15.3 Å². The van der Waals surface area contributed by atoms with Crippen LogP contribution in [0.5, 0.6) is 0 Å². The molecular weight excluding hydrogens is 430 g/mol. The number of aromatic nitrogens is 6. The number of anilines is 1. The van der Waals surface area contributed by atoms with Crippen molar-refractivity contribution in [2.75, 3.05) is 5.32 Å². The number of aryl methyl sites for hydroxylation is 3. The summed E-state index contributed by atoms with van der Waals surface area (Å²) in [6, 6.07) is 0. The summed E-state index contributed by atoms with van der Waals surface area (Å²) in [5, 5.41) is 24.9. The Balaban J connectivity index is 1.89. The van der Waals surface area contributed by atoms with E-state index in [9.17, 15) is 14.7 Å². The second-order valence-corrected chi connectivity index (χ2v) is 7.25. The van der Waals surface area contributed by atoms with Crippen LogP contribution in [0.4, 0.5) is 5.69 Å². The van der Waals surface area contributed by atoms with Crippen molar-refractivity contribution >= 4 is 33.5 Å². The molecule has 0 atom stereocenters. The zero-order valence-electron chi connectivity index (χ0n) is 16.1. The molecule has 0 unspecified atom stereocenters. The minimum absolute atomic E-state index is 0.0102. The molecule has 0 aromatic carbocycles. The zero-order chi connectivity index (χ0) is 20.7. The Hall–Kier alpha value is -2.95. The summed E-state index contributed by atoms with van der Waals surface area (Å²) in [4.78, 5) is 24.0. The van der Waals surface area contributed by atoms with Crippen molar-refractivity contribution in [3.8, 4) is 0 Å². The molecular formula is C17H20BrN7O3. The molecule has 3 aromatic heterocycles. The maximum atomic E-state index is 12.6. The first-order valence-electron chi connectivity index (χ1n) is 8.42. The van der Waals surface area contributed by atoms with Gasteiger partial charge in [-0.1, -0.05) is 0 Å². The van der Waals surface area contributed by atoms with E-state index in [1.165, 1.54) is 13.2 Å². The SMILES string of the molecule is Cc1nn(Cn2nc(C)c(NC(=O)c3cnn(C)c3C(=O)O)c2C)c(C)c1Br. The summed E-state index contributed by atoms with van der Waals surface area (Å²) in [7, 11) is 1.47. The van der Waals surface area contributed by atoms with Crippen molar-refractivity contribution in [2.45, 2.75) is 34.4 Å². The molecule has 3 rings (SSSR count). The molecule has 28 heavy (non-hydrogen) atoms. The summed E-state index contributed by atoms with van der Waals surface area (Å²) in [6.07, 6.45) is 1.24. The first-order chi connectivity index (χ1) is 13.1. The highest BCUT2D eigenvalue weighted by Gasteiger charge is 2.23. The van der Waals surface area contributed by atoms with Gasteiger partial charge in [-0.3, -0.25) is 9.48 Å². The van der Waals surface area contributed by atoms with E-state index in [4.69, 9.17) is 0 Å². The normalized spacial score (nSPS) is 11.1. The first-order valence-corrected chi connectivity index (χ1v) is 9.21. The number of carbonyl (C=O) groups excluding carboxylic acids is 1. The quantitative estimate of drug-likeness (QED) is 0.616. The monoisotopic (exact) mass is 449 g/mol. The standard InChI is InChI=1S/C17H20BrN7O3/c1-8-13(18)10(3)24(21-8)7-25-11(4)14(9(2)22-25)20-16(26)12-6-19-23(5)15(12)17(27)28/h6H,7H2,1-5H3,(H,20,26)(H,27,28). The number of carboxylic acids is 1. The summed E-state index contributed by atoms with van der Waals surface area (Å²) in [5.41, 5.74) is 3.55. The molecule has 1 amide bonds. The summed E-state index contributed by atoms with van der Waals surface area (Å²) in [5.74, 6) is -1.77. The number of hydrogen-bond donors (Lipinski definition) is 2. The van der Waals surface area contributed by atoms with Crippen LogP contribution in [0.25, 0.3) is 0 Å². The molecule has 11 heteroatoms. The topological polar surface area (TPSA) is 120 Å². The molecule has 0 aliphatic heterocycles. The van der Waals surface area contributed by atoms with Gasteiger partial charge in [0.1, 0.15) is 6.67 Å². The van der Waals surface area contributed by atoms with Crippen molar-refractivity contribution in [3.05, 3.63) is 44.7 Å². The average molecular weight is 450 g/mol. The number of carbonyl (C=O) groups is 2. The van der Waals surface area contributed by atoms with E-state index >= 15 is 0 Å². The summed E-state index contributed by atoms with van der Waals surface area (Å²) >= 11 is 3.50. The van der Waals surface area contributed by atoms with Gasteiger partial charge in [-0.15, -0.1) is 0 Å². The van der Waals surface area contributed by atoms with Gasteiger partial charge < -0.3 is 10.4 Å². The van der Waals surface area contributed by atoms with Crippen LogP contribution >= 0.6 is 15.9 Å². The summed E-state index contributed by atoms with van der Waals surface area (Å²) in [6.45, 7) is 7.85. The largest absolute Gasteiger partial charge is 0.477 e. The third-order valence-electron chi connectivity index (χ3n) is 4.57. The van der Waals surface area contributed by atoms with Crippen LogP contribution in [0, 0.1) is 27.7 Å². The van der Waals surface area contributed by atoms with Gasteiger partial charge in [0.2, 0.25) is 0 Å². The molecule has 0 aliphatic carbocycles. The van der Waals surface area contributed by atoms with Gasteiger partial charge in [0, 0.05) is 7.05 Å². The Morgan fingerprint density at radius 2 is 1.71 bits per heavy atom. The fourth-order valence-electron chi connectivity index (χ4n) is 2.99. The number of rotatable bonds is 5. The van der Waals surface area contributed by atoms with Crippen molar-refractivity contribution in [1.29, 1.82) is 0 Å². The fourth-order valence-corrected chi connectivity index (χ4v) is 3.28. The van der Waals surface area contributed by atoms with Crippen LogP contribution in [-0.2, 0) is 13.7 Å². The number of hydrogen-bond acceptors (Lipinski definition) is 5. The molecule has 0 bridgehead atoms. The number of amides is 1. The van der Waals surface area contributed by atoms with E-state index in [0.29, 0.717) is 18.1 Å². The molecule has 0 radical (unpaired) electrons. The average Bonchev–Trinajstić information content (AvgIpc) is 3.22.